The van der Waals surface area contributed by atoms with Gasteiger partial charge in [0.1, 0.15) is 5.25 Å². The molecule has 31 heavy (non-hydrogen) atoms. The summed E-state index contributed by atoms with van der Waals surface area (Å²) < 4.78 is 29.0. The van der Waals surface area contributed by atoms with Crippen molar-refractivity contribution in [3.63, 3.8) is 0 Å². The minimum Gasteiger partial charge on any atom is -0.368 e. The Labute approximate surface area is 186 Å². The van der Waals surface area contributed by atoms with Gasteiger partial charge in [-0.1, -0.05) is 56.3 Å². The molecule has 1 atom stereocenters. The molecule has 0 radical (unpaired) electrons. The maximum atomic E-state index is 13.1. The van der Waals surface area contributed by atoms with Crippen LogP contribution >= 0.6 is 0 Å². The Morgan fingerprint density at radius 1 is 0.968 bits per heavy atom. The van der Waals surface area contributed by atoms with Gasteiger partial charge in [0.15, 0.2) is 0 Å². The number of amides is 1. The van der Waals surface area contributed by atoms with Gasteiger partial charge in [0.2, 0.25) is 15.9 Å². The molecule has 0 aromatic heterocycles. The molecule has 2 aromatic rings. The Bertz CT molecular complexity index is 951. The van der Waals surface area contributed by atoms with E-state index in [9.17, 15) is 13.2 Å². The molecule has 7 heteroatoms. The van der Waals surface area contributed by atoms with E-state index in [0.717, 1.165) is 43.0 Å². The molecule has 0 spiro atoms. The molecule has 1 fully saturated rings. The second kappa shape index (κ2) is 10.3. The summed E-state index contributed by atoms with van der Waals surface area (Å²) in [7, 11) is -3.51. The van der Waals surface area contributed by atoms with Crippen LogP contribution in [-0.4, -0.2) is 45.4 Å². The SMILES string of the molecule is CC(=O)N1CCN(c2ccc(CNS(=O)(=O)C(CC(C)C)c3ccccc3)cc2)CC1. The summed E-state index contributed by atoms with van der Waals surface area (Å²) in [5, 5.41) is -0.564. The lowest BCUT2D eigenvalue weighted by Gasteiger charge is -2.35. The van der Waals surface area contributed by atoms with Crippen molar-refractivity contribution in [3.05, 3.63) is 65.7 Å². The van der Waals surface area contributed by atoms with E-state index in [4.69, 9.17) is 0 Å². The van der Waals surface area contributed by atoms with Crippen molar-refractivity contribution < 1.29 is 13.2 Å². The Hall–Kier alpha value is -2.38. The second-order valence-electron chi connectivity index (χ2n) is 8.55. The number of piperazine rings is 1. The van der Waals surface area contributed by atoms with Gasteiger partial charge in [-0.2, -0.15) is 0 Å². The van der Waals surface area contributed by atoms with Crippen molar-refractivity contribution in [2.45, 2.75) is 39.0 Å². The third-order valence-electron chi connectivity index (χ3n) is 5.74. The van der Waals surface area contributed by atoms with Gasteiger partial charge in [-0.05, 0) is 35.6 Å². The normalized spacial score (nSPS) is 15.9. The van der Waals surface area contributed by atoms with Crippen LogP contribution in [0.25, 0.3) is 0 Å². The molecule has 168 valence electrons. The van der Waals surface area contributed by atoms with Crippen LogP contribution < -0.4 is 9.62 Å². The first kappa shape index (κ1) is 23.3. The second-order valence-corrected chi connectivity index (χ2v) is 10.5. The first-order chi connectivity index (χ1) is 14.8. The molecule has 1 N–H and O–H groups in total. The number of carbonyl (C=O) groups is 1. The number of nitrogens with zero attached hydrogens (tertiary/aromatic N) is 2. The molecule has 1 amide bonds. The van der Waals surface area contributed by atoms with E-state index in [2.05, 4.69) is 9.62 Å². The number of carbonyl (C=O) groups excluding carboxylic acids is 1. The van der Waals surface area contributed by atoms with Crippen LogP contribution in [0.2, 0.25) is 0 Å². The van der Waals surface area contributed by atoms with E-state index < -0.39 is 15.3 Å². The standard InChI is InChI=1S/C24H33N3O3S/c1-19(2)17-24(22-7-5-4-6-8-22)31(29,30)25-18-21-9-11-23(12-10-21)27-15-13-26(14-16-27)20(3)28/h4-12,19,24-25H,13-18H2,1-3H3. The van der Waals surface area contributed by atoms with E-state index in [0.29, 0.717) is 6.42 Å². The molecule has 1 heterocycles. The Morgan fingerprint density at radius 2 is 1.58 bits per heavy atom. The van der Waals surface area contributed by atoms with E-state index in [1.165, 1.54) is 0 Å². The lowest BCUT2D eigenvalue weighted by Crippen LogP contribution is -2.48. The van der Waals surface area contributed by atoms with Crippen molar-refractivity contribution in [1.82, 2.24) is 9.62 Å². The number of rotatable bonds is 8. The first-order valence-corrected chi connectivity index (χ1v) is 12.4. The zero-order chi connectivity index (χ0) is 22.4. The highest BCUT2D eigenvalue weighted by molar-refractivity contribution is 7.89. The van der Waals surface area contributed by atoms with Gasteiger partial charge in [0.25, 0.3) is 0 Å². The minimum atomic E-state index is -3.51. The third kappa shape index (κ3) is 6.31. The quantitative estimate of drug-likeness (QED) is 0.677. The lowest BCUT2D eigenvalue weighted by atomic mass is 10.0. The van der Waals surface area contributed by atoms with Gasteiger partial charge in [0.05, 0.1) is 0 Å². The topological polar surface area (TPSA) is 69.7 Å². The van der Waals surface area contributed by atoms with Crippen molar-refractivity contribution in [2.24, 2.45) is 5.92 Å². The fourth-order valence-electron chi connectivity index (χ4n) is 3.93. The minimum absolute atomic E-state index is 0.119. The zero-order valence-corrected chi connectivity index (χ0v) is 19.4. The molecule has 1 aliphatic rings. The van der Waals surface area contributed by atoms with Crippen molar-refractivity contribution in [1.29, 1.82) is 0 Å². The predicted octanol–water partition coefficient (Wildman–Crippen LogP) is 3.56. The van der Waals surface area contributed by atoms with Crippen LogP contribution in [0.3, 0.4) is 0 Å². The Balaban J connectivity index is 1.62. The van der Waals surface area contributed by atoms with Crippen molar-refractivity contribution in [3.8, 4) is 0 Å². The summed E-state index contributed by atoms with van der Waals surface area (Å²) in [6.45, 7) is 9.03. The molecular weight excluding hydrogens is 410 g/mol. The molecule has 0 bridgehead atoms. The lowest BCUT2D eigenvalue weighted by molar-refractivity contribution is -0.129. The van der Waals surface area contributed by atoms with E-state index >= 15 is 0 Å². The fourth-order valence-corrected chi connectivity index (χ4v) is 5.65. The number of hydrogen-bond acceptors (Lipinski definition) is 4. The summed E-state index contributed by atoms with van der Waals surface area (Å²) >= 11 is 0. The molecule has 3 rings (SSSR count). The van der Waals surface area contributed by atoms with Gasteiger partial charge in [0, 0.05) is 45.3 Å². The number of hydrogen-bond donors (Lipinski definition) is 1. The third-order valence-corrected chi connectivity index (χ3v) is 7.50. The van der Waals surface area contributed by atoms with Crippen LogP contribution in [0, 0.1) is 5.92 Å². The zero-order valence-electron chi connectivity index (χ0n) is 18.6. The first-order valence-electron chi connectivity index (χ1n) is 10.9. The Kier molecular flexibility index (Phi) is 7.73. The maximum absolute atomic E-state index is 13.1. The summed E-state index contributed by atoms with van der Waals surface area (Å²) in [4.78, 5) is 15.6. The predicted molar refractivity (Wildman–Crippen MR) is 125 cm³/mol. The van der Waals surface area contributed by atoms with Gasteiger partial charge in [-0.15, -0.1) is 0 Å². The van der Waals surface area contributed by atoms with Crippen LogP contribution in [0.5, 0.6) is 0 Å². The number of anilines is 1. The van der Waals surface area contributed by atoms with Crippen LogP contribution in [0.15, 0.2) is 54.6 Å². The molecule has 1 aliphatic heterocycles. The largest absolute Gasteiger partial charge is 0.368 e. The van der Waals surface area contributed by atoms with E-state index in [1.54, 1.807) is 6.92 Å². The summed E-state index contributed by atoms with van der Waals surface area (Å²) in [5.41, 5.74) is 2.84. The van der Waals surface area contributed by atoms with Crippen LogP contribution in [-0.2, 0) is 21.4 Å². The van der Waals surface area contributed by atoms with Crippen LogP contribution in [0.1, 0.15) is 43.6 Å². The molecule has 0 saturated carbocycles. The summed E-state index contributed by atoms with van der Waals surface area (Å²) in [6, 6.07) is 17.4. The van der Waals surface area contributed by atoms with Gasteiger partial charge in [-0.25, -0.2) is 13.1 Å². The van der Waals surface area contributed by atoms with Gasteiger partial charge in [-0.3, -0.25) is 4.79 Å². The molecule has 0 aliphatic carbocycles. The van der Waals surface area contributed by atoms with Gasteiger partial charge < -0.3 is 9.80 Å². The molecule has 1 unspecified atom stereocenters. The number of sulfonamides is 1. The fraction of sp³-hybridized carbons (Fsp3) is 0.458. The average molecular weight is 444 g/mol. The molecule has 6 nitrogen and oxygen atoms in total. The Morgan fingerprint density at radius 3 is 2.13 bits per heavy atom. The van der Waals surface area contributed by atoms with Crippen LogP contribution in [0.4, 0.5) is 5.69 Å². The number of nitrogens with one attached hydrogen (secondary N) is 1. The van der Waals surface area contributed by atoms with E-state index in [1.807, 2.05) is 73.3 Å². The van der Waals surface area contributed by atoms with E-state index in [-0.39, 0.29) is 18.4 Å². The summed E-state index contributed by atoms with van der Waals surface area (Å²) in [5.74, 6) is 0.387. The highest BCUT2D eigenvalue weighted by Gasteiger charge is 2.27. The molecule has 2 aromatic carbocycles. The van der Waals surface area contributed by atoms with Gasteiger partial charge >= 0.3 is 0 Å². The molecular formula is C24H33N3O3S. The van der Waals surface area contributed by atoms with Crippen molar-refractivity contribution >= 4 is 21.6 Å². The monoisotopic (exact) mass is 443 g/mol. The maximum Gasteiger partial charge on any atom is 0.219 e. The highest BCUT2D eigenvalue weighted by atomic mass is 32.2. The number of benzene rings is 2. The van der Waals surface area contributed by atoms with Crippen molar-refractivity contribution in [2.75, 3.05) is 31.1 Å². The summed E-state index contributed by atoms with van der Waals surface area (Å²) in [6.07, 6.45) is 0.574. The molecule has 1 saturated heterocycles. The highest BCUT2D eigenvalue weighted by Crippen LogP contribution is 2.29. The smallest absolute Gasteiger partial charge is 0.219 e. The average Bonchev–Trinajstić information content (AvgIpc) is 2.77.